The Kier molecular flexibility index (Phi) is 3.74. The van der Waals surface area contributed by atoms with E-state index in [0.29, 0.717) is 23.4 Å². The van der Waals surface area contributed by atoms with Crippen molar-refractivity contribution in [3.05, 3.63) is 57.6 Å². The van der Waals surface area contributed by atoms with Crippen LogP contribution < -0.4 is 5.32 Å². The summed E-state index contributed by atoms with van der Waals surface area (Å²) in [6.45, 7) is 1.96. The van der Waals surface area contributed by atoms with Gasteiger partial charge in [0, 0.05) is 35.5 Å². The monoisotopic (exact) mass is 274 g/mol. The molecule has 0 aliphatic heterocycles. The van der Waals surface area contributed by atoms with Gasteiger partial charge in [-0.25, -0.2) is 0 Å². The highest BCUT2D eigenvalue weighted by molar-refractivity contribution is 5.60. The van der Waals surface area contributed by atoms with Gasteiger partial charge in [-0.2, -0.15) is 0 Å². The van der Waals surface area contributed by atoms with Crippen LogP contribution in [-0.2, 0) is 6.54 Å². The van der Waals surface area contributed by atoms with E-state index < -0.39 is 4.92 Å². The number of nitrogens with zero attached hydrogens (tertiary/aromatic N) is 1. The second-order valence-corrected chi connectivity index (χ2v) is 4.37. The van der Waals surface area contributed by atoms with E-state index in [1.807, 2.05) is 0 Å². The van der Waals surface area contributed by atoms with Gasteiger partial charge in [-0.05, 0) is 25.1 Å². The van der Waals surface area contributed by atoms with E-state index in [-0.39, 0.29) is 17.2 Å². The van der Waals surface area contributed by atoms with Crippen molar-refractivity contribution >= 4 is 11.4 Å². The van der Waals surface area contributed by atoms with Gasteiger partial charge in [0.25, 0.3) is 5.69 Å². The summed E-state index contributed by atoms with van der Waals surface area (Å²) in [5, 5.41) is 32.8. The minimum absolute atomic E-state index is 0.0159. The molecule has 0 fully saturated rings. The van der Waals surface area contributed by atoms with Crippen molar-refractivity contribution < 1.29 is 15.1 Å². The van der Waals surface area contributed by atoms with Crippen molar-refractivity contribution in [1.82, 2.24) is 0 Å². The van der Waals surface area contributed by atoms with Crippen LogP contribution in [0.25, 0.3) is 0 Å². The van der Waals surface area contributed by atoms with Crippen LogP contribution in [0.4, 0.5) is 11.4 Å². The smallest absolute Gasteiger partial charge is 0.274 e. The molecule has 0 spiro atoms. The molecule has 6 heteroatoms. The van der Waals surface area contributed by atoms with E-state index in [1.54, 1.807) is 25.1 Å². The van der Waals surface area contributed by atoms with Crippen LogP contribution in [0.3, 0.4) is 0 Å². The Morgan fingerprint density at radius 1 is 1.25 bits per heavy atom. The van der Waals surface area contributed by atoms with Gasteiger partial charge in [0.15, 0.2) is 0 Å². The first-order chi connectivity index (χ1) is 9.49. The molecular formula is C14H14N2O4. The molecule has 0 heterocycles. The fraction of sp³-hybridized carbons (Fsp3) is 0.143. The quantitative estimate of drug-likeness (QED) is 0.588. The lowest BCUT2D eigenvalue weighted by Gasteiger charge is -2.11. The van der Waals surface area contributed by atoms with Gasteiger partial charge in [-0.1, -0.05) is 6.07 Å². The largest absolute Gasteiger partial charge is 0.508 e. The molecule has 104 valence electrons. The van der Waals surface area contributed by atoms with Crippen LogP contribution in [0.1, 0.15) is 11.1 Å². The summed E-state index contributed by atoms with van der Waals surface area (Å²) in [5.74, 6) is -0.0432. The van der Waals surface area contributed by atoms with E-state index in [9.17, 15) is 20.3 Å². The van der Waals surface area contributed by atoms with Crippen molar-refractivity contribution in [3.8, 4) is 11.5 Å². The highest BCUT2D eigenvalue weighted by Crippen LogP contribution is 2.27. The maximum atomic E-state index is 10.8. The lowest BCUT2D eigenvalue weighted by atomic mass is 10.1. The molecule has 3 N–H and O–H groups in total. The number of rotatable bonds is 4. The molecule has 2 rings (SSSR count). The molecule has 0 unspecified atom stereocenters. The zero-order valence-corrected chi connectivity index (χ0v) is 10.8. The lowest BCUT2D eigenvalue weighted by Crippen LogP contribution is -2.03. The van der Waals surface area contributed by atoms with Gasteiger partial charge >= 0.3 is 0 Å². The number of nitrogens with one attached hydrogen (secondary N) is 1. The van der Waals surface area contributed by atoms with Gasteiger partial charge in [0.1, 0.15) is 11.5 Å². The molecule has 2 aromatic rings. The maximum absolute atomic E-state index is 10.8. The third-order valence-corrected chi connectivity index (χ3v) is 3.04. The molecule has 20 heavy (non-hydrogen) atoms. The SMILES string of the molecule is Cc1c(NCc2ccc(O)cc2O)cccc1[N+](=O)[O-]. The summed E-state index contributed by atoms with van der Waals surface area (Å²) in [4.78, 5) is 10.4. The number of hydrogen-bond acceptors (Lipinski definition) is 5. The number of aromatic hydroxyl groups is 2. The Bertz CT molecular complexity index is 656. The predicted octanol–water partition coefficient (Wildman–Crippen LogP) is 2.93. The Morgan fingerprint density at radius 3 is 2.65 bits per heavy atom. The molecule has 0 atom stereocenters. The zero-order valence-electron chi connectivity index (χ0n) is 10.8. The number of hydrogen-bond donors (Lipinski definition) is 3. The van der Waals surface area contributed by atoms with Crippen LogP contribution >= 0.6 is 0 Å². The Balaban J connectivity index is 2.19. The standard InChI is InChI=1S/C14H14N2O4/c1-9-12(3-2-4-13(9)16(19)20)15-8-10-5-6-11(17)7-14(10)18/h2-7,15,17-18H,8H2,1H3. The van der Waals surface area contributed by atoms with Crippen LogP contribution in [0.2, 0.25) is 0 Å². The van der Waals surface area contributed by atoms with Crippen molar-refractivity contribution in [2.75, 3.05) is 5.32 Å². The van der Waals surface area contributed by atoms with Gasteiger partial charge < -0.3 is 15.5 Å². The first-order valence-electron chi connectivity index (χ1n) is 5.98. The predicted molar refractivity (Wildman–Crippen MR) is 74.9 cm³/mol. The number of phenols is 2. The fourth-order valence-electron chi connectivity index (χ4n) is 1.90. The average molecular weight is 274 g/mol. The Labute approximate surface area is 115 Å². The first-order valence-corrected chi connectivity index (χ1v) is 5.98. The molecule has 0 saturated heterocycles. The average Bonchev–Trinajstić information content (AvgIpc) is 2.39. The second kappa shape index (κ2) is 5.48. The minimum atomic E-state index is -0.432. The molecule has 0 aliphatic rings. The van der Waals surface area contributed by atoms with Crippen LogP contribution in [0.5, 0.6) is 11.5 Å². The van der Waals surface area contributed by atoms with E-state index in [2.05, 4.69) is 5.32 Å². The third-order valence-electron chi connectivity index (χ3n) is 3.04. The summed E-state index contributed by atoms with van der Waals surface area (Å²) < 4.78 is 0. The molecule has 0 saturated carbocycles. The summed E-state index contributed by atoms with van der Waals surface area (Å²) in [6.07, 6.45) is 0. The summed E-state index contributed by atoms with van der Waals surface area (Å²) in [6, 6.07) is 9.08. The van der Waals surface area contributed by atoms with Crippen LogP contribution in [0, 0.1) is 17.0 Å². The topological polar surface area (TPSA) is 95.6 Å². The number of anilines is 1. The fourth-order valence-corrected chi connectivity index (χ4v) is 1.90. The van der Waals surface area contributed by atoms with Gasteiger partial charge in [0.05, 0.1) is 4.92 Å². The van der Waals surface area contributed by atoms with Gasteiger partial charge in [-0.15, -0.1) is 0 Å². The van der Waals surface area contributed by atoms with Crippen molar-refractivity contribution in [1.29, 1.82) is 0 Å². The molecule has 2 aromatic carbocycles. The van der Waals surface area contributed by atoms with Crippen LogP contribution in [0.15, 0.2) is 36.4 Å². The molecule has 0 bridgehead atoms. The summed E-state index contributed by atoms with van der Waals surface area (Å²) in [5.41, 5.74) is 1.81. The number of phenolic OH excluding ortho intramolecular Hbond substituents is 2. The highest BCUT2D eigenvalue weighted by atomic mass is 16.6. The number of benzene rings is 2. The third kappa shape index (κ3) is 2.80. The molecule has 0 aromatic heterocycles. The molecule has 0 aliphatic carbocycles. The molecule has 6 nitrogen and oxygen atoms in total. The van der Waals surface area contributed by atoms with E-state index in [4.69, 9.17) is 0 Å². The highest BCUT2D eigenvalue weighted by Gasteiger charge is 2.13. The summed E-state index contributed by atoms with van der Waals surface area (Å²) >= 11 is 0. The van der Waals surface area contributed by atoms with E-state index >= 15 is 0 Å². The Hall–Kier alpha value is -2.76. The second-order valence-electron chi connectivity index (χ2n) is 4.37. The van der Waals surface area contributed by atoms with E-state index in [0.717, 1.165) is 0 Å². The molecule has 0 amide bonds. The number of nitro benzene ring substituents is 1. The van der Waals surface area contributed by atoms with Crippen molar-refractivity contribution in [2.24, 2.45) is 0 Å². The van der Waals surface area contributed by atoms with Crippen molar-refractivity contribution in [2.45, 2.75) is 13.5 Å². The minimum Gasteiger partial charge on any atom is -0.508 e. The zero-order chi connectivity index (χ0) is 14.7. The van der Waals surface area contributed by atoms with E-state index in [1.165, 1.54) is 18.2 Å². The summed E-state index contributed by atoms with van der Waals surface area (Å²) in [7, 11) is 0. The number of nitro groups is 1. The normalized spacial score (nSPS) is 10.2. The van der Waals surface area contributed by atoms with Crippen LogP contribution in [-0.4, -0.2) is 15.1 Å². The van der Waals surface area contributed by atoms with Gasteiger partial charge in [0.2, 0.25) is 0 Å². The Morgan fingerprint density at radius 2 is 2.00 bits per heavy atom. The molecule has 0 radical (unpaired) electrons. The molecular weight excluding hydrogens is 260 g/mol. The first kappa shape index (κ1) is 13.7. The van der Waals surface area contributed by atoms with Gasteiger partial charge in [-0.3, -0.25) is 10.1 Å². The van der Waals surface area contributed by atoms with Crippen molar-refractivity contribution in [3.63, 3.8) is 0 Å². The lowest BCUT2D eigenvalue weighted by molar-refractivity contribution is -0.385. The maximum Gasteiger partial charge on any atom is 0.274 e.